The molecule has 0 heterocycles. The first-order valence-corrected chi connectivity index (χ1v) is 6.12. The molecular weight excluding hydrogens is 280 g/mol. The van der Waals surface area contributed by atoms with E-state index in [0.717, 1.165) is 0 Å². The van der Waals surface area contributed by atoms with Crippen LogP contribution in [0.3, 0.4) is 0 Å². The van der Waals surface area contributed by atoms with Crippen molar-refractivity contribution < 1.29 is 23.4 Å². The van der Waals surface area contributed by atoms with Crippen LogP contribution < -0.4 is 10.1 Å². The summed E-state index contributed by atoms with van der Waals surface area (Å²) in [5, 5.41) is 12.1. The zero-order valence-corrected chi connectivity index (χ0v) is 11.1. The van der Waals surface area contributed by atoms with E-state index in [1.165, 1.54) is 24.3 Å². The maximum Gasteiger partial charge on any atom is 0.387 e. The minimum atomic E-state index is -3.01. The van der Waals surface area contributed by atoms with Crippen molar-refractivity contribution in [3.63, 3.8) is 0 Å². The molecule has 0 radical (unpaired) electrons. The lowest BCUT2D eigenvalue weighted by Crippen LogP contribution is -2.14. The number of rotatable bonds is 4. The summed E-state index contributed by atoms with van der Waals surface area (Å²) >= 11 is 0. The molecule has 4 nitrogen and oxygen atoms in total. The Hall–Kier alpha value is -2.63. The van der Waals surface area contributed by atoms with Gasteiger partial charge in [0.05, 0.1) is 5.56 Å². The van der Waals surface area contributed by atoms with Gasteiger partial charge in [0, 0.05) is 11.8 Å². The van der Waals surface area contributed by atoms with E-state index in [-0.39, 0.29) is 17.1 Å². The zero-order valence-electron chi connectivity index (χ0n) is 11.1. The number of phenols is 1. The number of phenolic OH excluding ortho intramolecular Hbond substituents is 1. The molecule has 0 unspecified atom stereocenters. The van der Waals surface area contributed by atoms with Crippen LogP contribution in [0.4, 0.5) is 14.5 Å². The molecule has 0 aliphatic heterocycles. The summed E-state index contributed by atoms with van der Waals surface area (Å²) in [6.45, 7) is -1.30. The first-order valence-electron chi connectivity index (χ1n) is 6.12. The molecule has 0 aliphatic rings. The van der Waals surface area contributed by atoms with Crippen molar-refractivity contribution >= 4 is 11.6 Å². The number of amides is 1. The van der Waals surface area contributed by atoms with E-state index in [1.54, 1.807) is 25.1 Å². The molecule has 0 aliphatic carbocycles. The molecule has 0 fully saturated rings. The van der Waals surface area contributed by atoms with Gasteiger partial charge in [0.25, 0.3) is 5.91 Å². The average Bonchev–Trinajstić information content (AvgIpc) is 2.43. The van der Waals surface area contributed by atoms with Gasteiger partial charge in [-0.05, 0) is 30.7 Å². The highest BCUT2D eigenvalue weighted by molar-refractivity contribution is 6.06. The van der Waals surface area contributed by atoms with Crippen LogP contribution in [-0.4, -0.2) is 17.6 Å². The van der Waals surface area contributed by atoms with Gasteiger partial charge >= 0.3 is 6.61 Å². The third kappa shape index (κ3) is 3.68. The van der Waals surface area contributed by atoms with E-state index in [2.05, 4.69) is 10.1 Å². The normalized spacial score (nSPS) is 10.5. The second kappa shape index (κ2) is 6.21. The molecule has 2 aromatic rings. The molecule has 2 aromatic carbocycles. The Balaban J connectivity index is 2.22. The predicted molar refractivity (Wildman–Crippen MR) is 73.9 cm³/mol. The molecular formula is C15H13F2NO3. The summed E-state index contributed by atoms with van der Waals surface area (Å²) in [6, 6.07) is 10.3. The molecule has 0 atom stereocenters. The molecule has 21 heavy (non-hydrogen) atoms. The molecule has 2 N–H and O–H groups in total. The van der Waals surface area contributed by atoms with Crippen molar-refractivity contribution in [2.24, 2.45) is 0 Å². The molecule has 0 spiro atoms. The number of anilines is 1. The summed E-state index contributed by atoms with van der Waals surface area (Å²) in [4.78, 5) is 12.1. The molecule has 0 bridgehead atoms. The van der Waals surface area contributed by atoms with E-state index in [4.69, 9.17) is 0 Å². The highest BCUT2D eigenvalue weighted by Crippen LogP contribution is 2.24. The number of hydrogen-bond acceptors (Lipinski definition) is 3. The summed E-state index contributed by atoms with van der Waals surface area (Å²) < 4.78 is 28.9. The first kappa shape index (κ1) is 14.8. The molecule has 6 heteroatoms. The van der Waals surface area contributed by atoms with Crippen LogP contribution in [0.5, 0.6) is 11.5 Å². The Kier molecular flexibility index (Phi) is 4.37. The van der Waals surface area contributed by atoms with E-state index in [9.17, 15) is 18.7 Å². The van der Waals surface area contributed by atoms with Crippen molar-refractivity contribution in [3.05, 3.63) is 53.6 Å². The Bertz CT molecular complexity index is 659. The number of alkyl halides is 2. The van der Waals surface area contributed by atoms with Gasteiger partial charge in [0.2, 0.25) is 0 Å². The minimum Gasteiger partial charge on any atom is -0.508 e. The van der Waals surface area contributed by atoms with Crippen LogP contribution in [0.15, 0.2) is 42.5 Å². The second-order valence-electron chi connectivity index (χ2n) is 4.33. The number of ether oxygens (including phenoxy) is 1. The van der Waals surface area contributed by atoms with E-state index in [0.29, 0.717) is 11.3 Å². The fraction of sp³-hybridized carbons (Fsp3) is 0.133. The van der Waals surface area contributed by atoms with Gasteiger partial charge < -0.3 is 15.2 Å². The van der Waals surface area contributed by atoms with Gasteiger partial charge in [-0.2, -0.15) is 8.78 Å². The van der Waals surface area contributed by atoms with Gasteiger partial charge in [-0.1, -0.05) is 18.2 Å². The number of aryl methyl sites for hydroxylation is 1. The number of halogens is 2. The Morgan fingerprint density at radius 2 is 1.95 bits per heavy atom. The monoisotopic (exact) mass is 293 g/mol. The van der Waals surface area contributed by atoms with Crippen molar-refractivity contribution in [1.29, 1.82) is 0 Å². The van der Waals surface area contributed by atoms with Gasteiger partial charge in [-0.3, -0.25) is 4.79 Å². The van der Waals surface area contributed by atoms with Crippen LogP contribution >= 0.6 is 0 Å². The third-order valence-corrected chi connectivity index (χ3v) is 2.81. The Morgan fingerprint density at radius 3 is 2.62 bits per heavy atom. The van der Waals surface area contributed by atoms with Crippen LogP contribution in [-0.2, 0) is 0 Å². The fourth-order valence-corrected chi connectivity index (χ4v) is 1.74. The van der Waals surface area contributed by atoms with E-state index < -0.39 is 12.5 Å². The number of carbonyl (C=O) groups excluding carboxylic acids is 1. The lowest BCUT2D eigenvalue weighted by Gasteiger charge is -2.11. The molecule has 0 saturated heterocycles. The largest absolute Gasteiger partial charge is 0.508 e. The quantitative estimate of drug-likeness (QED) is 0.906. The maximum absolute atomic E-state index is 12.3. The van der Waals surface area contributed by atoms with Gasteiger partial charge in [0.1, 0.15) is 11.5 Å². The van der Waals surface area contributed by atoms with Gasteiger partial charge in [0.15, 0.2) is 0 Å². The maximum atomic E-state index is 12.3. The molecule has 2 rings (SSSR count). The van der Waals surface area contributed by atoms with Gasteiger partial charge in [-0.25, -0.2) is 0 Å². The SMILES string of the molecule is Cc1ccc(NC(=O)c2ccccc2OC(F)F)cc1O. The van der Waals surface area contributed by atoms with Crippen LogP contribution in [0.2, 0.25) is 0 Å². The number of hydrogen-bond donors (Lipinski definition) is 2. The standard InChI is InChI=1S/C15H13F2NO3/c1-9-6-7-10(8-12(9)19)18-14(20)11-4-2-3-5-13(11)21-15(16)17/h2-8,15,19H,1H3,(H,18,20). The van der Waals surface area contributed by atoms with E-state index in [1.807, 2.05) is 0 Å². The zero-order chi connectivity index (χ0) is 15.4. The average molecular weight is 293 g/mol. The predicted octanol–water partition coefficient (Wildman–Crippen LogP) is 3.55. The van der Waals surface area contributed by atoms with Crippen molar-refractivity contribution in [2.75, 3.05) is 5.32 Å². The molecule has 0 saturated carbocycles. The van der Waals surface area contributed by atoms with E-state index >= 15 is 0 Å². The lowest BCUT2D eigenvalue weighted by molar-refractivity contribution is -0.0501. The van der Waals surface area contributed by atoms with Crippen molar-refractivity contribution in [3.8, 4) is 11.5 Å². The smallest absolute Gasteiger partial charge is 0.387 e. The Morgan fingerprint density at radius 1 is 1.24 bits per heavy atom. The van der Waals surface area contributed by atoms with Crippen molar-refractivity contribution in [2.45, 2.75) is 13.5 Å². The third-order valence-electron chi connectivity index (χ3n) is 2.81. The number of para-hydroxylation sites is 1. The molecule has 0 aromatic heterocycles. The Labute approximate surface area is 120 Å². The molecule has 1 amide bonds. The minimum absolute atomic E-state index is 0.0159. The van der Waals surface area contributed by atoms with Crippen LogP contribution in [0.25, 0.3) is 0 Å². The number of aromatic hydroxyl groups is 1. The molecule has 110 valence electrons. The van der Waals surface area contributed by atoms with Crippen molar-refractivity contribution in [1.82, 2.24) is 0 Å². The summed E-state index contributed by atoms with van der Waals surface area (Å²) in [5.74, 6) is -0.777. The van der Waals surface area contributed by atoms with Gasteiger partial charge in [-0.15, -0.1) is 0 Å². The summed E-state index contributed by atoms with van der Waals surface area (Å²) in [5.41, 5.74) is 1.00. The fourth-order valence-electron chi connectivity index (χ4n) is 1.74. The van der Waals surface area contributed by atoms with Crippen LogP contribution in [0, 0.1) is 6.92 Å². The highest BCUT2D eigenvalue weighted by atomic mass is 19.3. The number of carbonyl (C=O) groups is 1. The number of benzene rings is 2. The number of nitrogens with one attached hydrogen (secondary N) is 1. The highest BCUT2D eigenvalue weighted by Gasteiger charge is 2.15. The van der Waals surface area contributed by atoms with Crippen LogP contribution in [0.1, 0.15) is 15.9 Å². The second-order valence-corrected chi connectivity index (χ2v) is 4.33. The summed E-state index contributed by atoms with van der Waals surface area (Å²) in [6.07, 6.45) is 0. The summed E-state index contributed by atoms with van der Waals surface area (Å²) in [7, 11) is 0. The topological polar surface area (TPSA) is 58.6 Å². The first-order chi connectivity index (χ1) is 9.97. The lowest BCUT2D eigenvalue weighted by atomic mass is 10.1.